The molecule has 0 saturated heterocycles. The van der Waals surface area contributed by atoms with Crippen molar-refractivity contribution in [3.8, 4) is 0 Å². The number of nitrogens with zero attached hydrogens (tertiary/aromatic N) is 1. The Hall–Kier alpha value is -2.87. The van der Waals surface area contributed by atoms with Gasteiger partial charge in [0.05, 0.1) is 6.04 Å². The molecule has 2 aliphatic rings. The SMILES string of the molecule is Fc1ccccc1/C=C1\CN(Cc2ccc(Br)cc2)CC2=C1NC(=S)NC2c1ccccc1F. The second-order valence-corrected chi connectivity index (χ2v) is 9.74. The Morgan fingerprint density at radius 3 is 2.38 bits per heavy atom. The Balaban J connectivity index is 1.59. The summed E-state index contributed by atoms with van der Waals surface area (Å²) in [6, 6.07) is 21.2. The Morgan fingerprint density at radius 2 is 1.65 bits per heavy atom. The summed E-state index contributed by atoms with van der Waals surface area (Å²) >= 11 is 8.97. The van der Waals surface area contributed by atoms with Gasteiger partial charge in [0.1, 0.15) is 11.6 Å². The molecule has 0 saturated carbocycles. The molecule has 2 heterocycles. The van der Waals surface area contributed by atoms with Gasteiger partial charge < -0.3 is 10.6 Å². The number of hydrogen-bond acceptors (Lipinski definition) is 2. The van der Waals surface area contributed by atoms with Crippen LogP contribution >= 0.6 is 28.1 Å². The van der Waals surface area contributed by atoms with Crippen LogP contribution in [-0.4, -0.2) is 23.1 Å². The smallest absolute Gasteiger partial charge is 0.171 e. The van der Waals surface area contributed by atoms with Gasteiger partial charge in [0.2, 0.25) is 0 Å². The lowest BCUT2D eigenvalue weighted by molar-refractivity contribution is 0.292. The van der Waals surface area contributed by atoms with Gasteiger partial charge in [-0.2, -0.15) is 0 Å². The second kappa shape index (κ2) is 9.78. The number of hydrogen-bond donors (Lipinski definition) is 2. The molecule has 3 aromatic carbocycles. The van der Waals surface area contributed by atoms with E-state index < -0.39 is 6.04 Å². The van der Waals surface area contributed by atoms with Crippen molar-refractivity contribution >= 4 is 39.3 Å². The summed E-state index contributed by atoms with van der Waals surface area (Å²) in [6.07, 6.45) is 1.86. The van der Waals surface area contributed by atoms with Gasteiger partial charge >= 0.3 is 0 Å². The van der Waals surface area contributed by atoms with Crippen LogP contribution in [0.15, 0.2) is 94.1 Å². The molecule has 0 radical (unpaired) electrons. The number of nitrogens with one attached hydrogen (secondary N) is 2. The predicted octanol–water partition coefficient (Wildman–Crippen LogP) is 6.10. The molecule has 7 heteroatoms. The monoisotopic (exact) mass is 537 g/mol. The highest BCUT2D eigenvalue weighted by Crippen LogP contribution is 2.36. The van der Waals surface area contributed by atoms with Gasteiger partial charge in [0, 0.05) is 40.9 Å². The van der Waals surface area contributed by atoms with Gasteiger partial charge in [-0.1, -0.05) is 64.5 Å². The predicted molar refractivity (Wildman–Crippen MR) is 139 cm³/mol. The first-order valence-corrected chi connectivity index (χ1v) is 12.2. The fourth-order valence-corrected chi connectivity index (χ4v) is 4.98. The van der Waals surface area contributed by atoms with E-state index in [1.807, 2.05) is 30.3 Å². The third kappa shape index (κ3) is 4.82. The summed E-state index contributed by atoms with van der Waals surface area (Å²) in [5.74, 6) is -0.578. The molecule has 2 aliphatic heterocycles. The van der Waals surface area contributed by atoms with E-state index in [2.05, 4.69) is 43.6 Å². The van der Waals surface area contributed by atoms with Crippen molar-refractivity contribution in [2.75, 3.05) is 13.1 Å². The molecule has 1 atom stereocenters. The Labute approximate surface area is 211 Å². The molecule has 3 nitrogen and oxygen atoms in total. The molecule has 5 rings (SSSR count). The zero-order valence-electron chi connectivity index (χ0n) is 18.2. The van der Waals surface area contributed by atoms with Crippen LogP contribution in [0.4, 0.5) is 8.78 Å². The fraction of sp³-hybridized carbons (Fsp3) is 0.148. The number of thiocarbonyl (C=S) groups is 1. The molecule has 0 bridgehead atoms. The molecule has 3 aromatic rings. The number of benzene rings is 3. The number of rotatable bonds is 4. The molecule has 1 unspecified atom stereocenters. The molecular formula is C27H22BrF2N3S. The summed E-state index contributed by atoms with van der Waals surface area (Å²) in [7, 11) is 0. The summed E-state index contributed by atoms with van der Waals surface area (Å²) in [5, 5.41) is 6.95. The summed E-state index contributed by atoms with van der Waals surface area (Å²) in [5.41, 5.74) is 4.93. The van der Waals surface area contributed by atoms with Crippen LogP contribution in [0.2, 0.25) is 0 Å². The lowest BCUT2D eigenvalue weighted by atomic mass is 9.88. The third-order valence-corrected chi connectivity index (χ3v) is 6.81. The van der Waals surface area contributed by atoms with Crippen LogP contribution in [0.25, 0.3) is 6.08 Å². The van der Waals surface area contributed by atoms with E-state index >= 15 is 0 Å². The highest BCUT2D eigenvalue weighted by atomic mass is 79.9. The van der Waals surface area contributed by atoms with Gasteiger partial charge in [-0.05, 0) is 59.3 Å². The summed E-state index contributed by atoms with van der Waals surface area (Å²) in [6.45, 7) is 1.91. The van der Waals surface area contributed by atoms with Crippen LogP contribution in [-0.2, 0) is 6.54 Å². The highest BCUT2D eigenvalue weighted by molar-refractivity contribution is 9.10. The van der Waals surface area contributed by atoms with Gasteiger partial charge in [0.15, 0.2) is 5.11 Å². The molecule has 34 heavy (non-hydrogen) atoms. The van der Waals surface area contributed by atoms with E-state index in [-0.39, 0.29) is 11.6 Å². The van der Waals surface area contributed by atoms with Crippen LogP contribution in [0.5, 0.6) is 0 Å². The average Bonchev–Trinajstić information content (AvgIpc) is 2.82. The molecular weight excluding hydrogens is 516 g/mol. The lowest BCUT2D eigenvalue weighted by Crippen LogP contribution is -2.50. The van der Waals surface area contributed by atoms with Crippen LogP contribution < -0.4 is 10.6 Å². The van der Waals surface area contributed by atoms with E-state index in [1.54, 1.807) is 24.3 Å². The van der Waals surface area contributed by atoms with Crippen LogP contribution in [0.1, 0.15) is 22.7 Å². The normalized spacial score (nSPS) is 19.6. The summed E-state index contributed by atoms with van der Waals surface area (Å²) < 4.78 is 30.4. The minimum Gasteiger partial charge on any atom is -0.352 e. The van der Waals surface area contributed by atoms with E-state index in [9.17, 15) is 8.78 Å². The molecule has 0 aliphatic carbocycles. The largest absolute Gasteiger partial charge is 0.352 e. The van der Waals surface area contributed by atoms with Crippen molar-refractivity contribution in [2.24, 2.45) is 0 Å². The van der Waals surface area contributed by atoms with Crippen molar-refractivity contribution in [2.45, 2.75) is 12.6 Å². The van der Waals surface area contributed by atoms with E-state index in [4.69, 9.17) is 12.2 Å². The maximum atomic E-state index is 14.8. The Morgan fingerprint density at radius 1 is 0.941 bits per heavy atom. The number of halogens is 3. The van der Waals surface area contributed by atoms with Gasteiger partial charge in [0.25, 0.3) is 0 Å². The minimum absolute atomic E-state index is 0.288. The van der Waals surface area contributed by atoms with E-state index in [0.717, 1.165) is 26.9 Å². The molecule has 2 N–H and O–H groups in total. The van der Waals surface area contributed by atoms with Crippen molar-refractivity contribution in [1.82, 2.24) is 15.5 Å². The zero-order valence-corrected chi connectivity index (χ0v) is 20.6. The second-order valence-electron chi connectivity index (χ2n) is 8.42. The van der Waals surface area contributed by atoms with Crippen molar-refractivity contribution in [1.29, 1.82) is 0 Å². The van der Waals surface area contributed by atoms with Gasteiger partial charge in [-0.25, -0.2) is 8.78 Å². The maximum absolute atomic E-state index is 14.8. The van der Waals surface area contributed by atoms with Crippen molar-refractivity contribution in [3.63, 3.8) is 0 Å². The van der Waals surface area contributed by atoms with Crippen LogP contribution in [0.3, 0.4) is 0 Å². The molecule has 0 amide bonds. The topological polar surface area (TPSA) is 27.3 Å². The zero-order chi connectivity index (χ0) is 23.7. The first kappa shape index (κ1) is 22.9. The van der Waals surface area contributed by atoms with Gasteiger partial charge in [-0.3, -0.25) is 4.90 Å². The third-order valence-electron chi connectivity index (χ3n) is 6.06. The minimum atomic E-state index is -0.415. The molecule has 0 spiro atoms. The average molecular weight is 538 g/mol. The maximum Gasteiger partial charge on any atom is 0.171 e. The summed E-state index contributed by atoms with van der Waals surface area (Å²) in [4.78, 5) is 2.28. The Bertz CT molecular complexity index is 1300. The quantitative estimate of drug-likeness (QED) is 0.393. The molecule has 0 fully saturated rings. The first-order chi connectivity index (χ1) is 16.5. The highest BCUT2D eigenvalue weighted by Gasteiger charge is 2.34. The van der Waals surface area contributed by atoms with E-state index in [0.29, 0.717) is 35.9 Å². The Kier molecular flexibility index (Phi) is 6.59. The molecule has 172 valence electrons. The lowest BCUT2D eigenvalue weighted by Gasteiger charge is -2.40. The first-order valence-electron chi connectivity index (χ1n) is 10.9. The van der Waals surface area contributed by atoms with E-state index in [1.165, 1.54) is 12.1 Å². The fourth-order valence-electron chi connectivity index (χ4n) is 4.50. The van der Waals surface area contributed by atoms with Crippen molar-refractivity contribution in [3.05, 3.63) is 122 Å². The van der Waals surface area contributed by atoms with Gasteiger partial charge in [-0.15, -0.1) is 0 Å². The van der Waals surface area contributed by atoms with Crippen LogP contribution in [0, 0.1) is 11.6 Å². The standard InChI is InChI=1S/C27H22BrF2N3S/c28-20-11-9-17(10-12-20)14-33-15-19(13-18-5-1-3-7-23(18)29)25-22(16-33)26(32-27(34)31-25)21-6-2-4-8-24(21)30/h1-13,26H,14-16H2,(H2,31,32,34)/b19-13+. The van der Waals surface area contributed by atoms with Crippen molar-refractivity contribution < 1.29 is 8.78 Å². The molecule has 0 aromatic heterocycles.